The van der Waals surface area contributed by atoms with E-state index in [1.807, 2.05) is 11.6 Å². The average molecular weight is 264 g/mol. The number of nitrogens with one attached hydrogen (secondary N) is 1. The fourth-order valence-electron chi connectivity index (χ4n) is 2.02. The molecule has 1 unspecified atom stereocenters. The van der Waals surface area contributed by atoms with E-state index in [0.717, 1.165) is 5.82 Å². The Morgan fingerprint density at radius 1 is 1.39 bits per heavy atom. The van der Waals surface area contributed by atoms with E-state index in [1.54, 1.807) is 6.20 Å². The molecule has 0 spiro atoms. The molecule has 0 aliphatic heterocycles. The number of nitrogens with zero attached hydrogens (tertiary/aromatic N) is 2. The van der Waals surface area contributed by atoms with Crippen LogP contribution in [0, 0.1) is 6.92 Å². The van der Waals surface area contributed by atoms with Crippen LogP contribution in [0.5, 0.6) is 0 Å². The van der Waals surface area contributed by atoms with E-state index in [-0.39, 0.29) is 0 Å². The number of aromatic nitrogens is 2. The Kier molecular flexibility index (Phi) is 4.04. The van der Waals surface area contributed by atoms with Gasteiger partial charge in [-0.05, 0) is 25.0 Å². The molecular formula is C14H18ClN3. The second-order valence-corrected chi connectivity index (χ2v) is 4.90. The third kappa shape index (κ3) is 2.74. The highest BCUT2D eigenvalue weighted by molar-refractivity contribution is 6.29. The number of halogens is 1. The Labute approximate surface area is 113 Å². The Morgan fingerprint density at radius 2 is 2.11 bits per heavy atom. The lowest BCUT2D eigenvalue weighted by atomic mass is 10.0. The van der Waals surface area contributed by atoms with Gasteiger partial charge in [0.15, 0.2) is 0 Å². The number of imidazole rings is 1. The number of hydrogen-bond donors (Lipinski definition) is 1. The highest BCUT2D eigenvalue weighted by Gasteiger charge is 2.09. The first-order chi connectivity index (χ1) is 8.59. The van der Waals surface area contributed by atoms with Crippen LogP contribution in [-0.4, -0.2) is 9.55 Å². The van der Waals surface area contributed by atoms with E-state index < -0.39 is 0 Å². The van der Waals surface area contributed by atoms with Crippen molar-refractivity contribution in [3.63, 3.8) is 0 Å². The fourth-order valence-corrected chi connectivity index (χ4v) is 2.16. The summed E-state index contributed by atoms with van der Waals surface area (Å²) in [7, 11) is 1.92. The molecule has 1 aromatic heterocycles. The molecule has 18 heavy (non-hydrogen) atoms. The molecule has 4 heteroatoms. The van der Waals surface area contributed by atoms with Crippen molar-refractivity contribution in [1.82, 2.24) is 14.9 Å². The van der Waals surface area contributed by atoms with Crippen molar-refractivity contribution >= 4 is 11.6 Å². The van der Waals surface area contributed by atoms with Crippen molar-refractivity contribution in [3.05, 3.63) is 52.6 Å². The quantitative estimate of drug-likeness (QED) is 0.918. The molecule has 96 valence electrons. The first-order valence-corrected chi connectivity index (χ1v) is 6.42. The van der Waals surface area contributed by atoms with Crippen molar-refractivity contribution in [2.75, 3.05) is 0 Å². The molecule has 0 bridgehead atoms. The minimum absolute atomic E-state index is 0.293. The summed E-state index contributed by atoms with van der Waals surface area (Å²) >= 11 is 5.96. The zero-order chi connectivity index (χ0) is 13.1. The van der Waals surface area contributed by atoms with Crippen LogP contribution in [0.25, 0.3) is 0 Å². The molecular weight excluding hydrogens is 246 g/mol. The van der Waals surface area contributed by atoms with E-state index in [4.69, 9.17) is 11.6 Å². The molecule has 0 fully saturated rings. The number of rotatable bonds is 4. The summed E-state index contributed by atoms with van der Waals surface area (Å²) in [5.74, 6) is 0.945. The molecule has 0 aliphatic rings. The van der Waals surface area contributed by atoms with Crippen molar-refractivity contribution in [2.45, 2.75) is 26.4 Å². The van der Waals surface area contributed by atoms with Crippen LogP contribution in [0.3, 0.4) is 0 Å². The van der Waals surface area contributed by atoms with Crippen LogP contribution in [0.4, 0.5) is 0 Å². The second-order valence-electron chi connectivity index (χ2n) is 4.52. The Hall–Kier alpha value is -1.32. The highest BCUT2D eigenvalue weighted by Crippen LogP contribution is 2.17. The molecule has 0 amide bonds. The predicted molar refractivity (Wildman–Crippen MR) is 74.7 cm³/mol. The number of benzene rings is 1. The summed E-state index contributed by atoms with van der Waals surface area (Å²) in [5, 5.41) is 4.13. The van der Waals surface area contributed by atoms with Crippen molar-refractivity contribution in [3.8, 4) is 0 Å². The van der Waals surface area contributed by atoms with Crippen LogP contribution in [0.15, 0.2) is 30.5 Å². The Balaban J connectivity index is 2.03. The minimum Gasteiger partial charge on any atom is -0.321 e. The monoisotopic (exact) mass is 263 g/mol. The summed E-state index contributed by atoms with van der Waals surface area (Å²) in [6, 6.07) is 8.70. The molecule has 1 atom stereocenters. The number of aryl methyl sites for hydroxylation is 1. The second kappa shape index (κ2) is 5.55. The van der Waals surface area contributed by atoms with Gasteiger partial charge in [-0.3, -0.25) is 0 Å². The summed E-state index contributed by atoms with van der Waals surface area (Å²) in [6.07, 6.45) is 1.68. The summed E-state index contributed by atoms with van der Waals surface area (Å²) < 4.78 is 1.89. The van der Waals surface area contributed by atoms with Crippen molar-refractivity contribution < 1.29 is 0 Å². The molecule has 2 aromatic rings. The van der Waals surface area contributed by atoms with Crippen LogP contribution in [0.2, 0.25) is 5.15 Å². The molecule has 3 nitrogen and oxygen atoms in total. The standard InChI is InChI=1S/C14H18ClN3/c1-10-6-4-5-7-12(10)11(2)16-9-14-17-8-13(15)18(14)3/h4-8,11,16H,9H2,1-3H3. The van der Waals surface area contributed by atoms with Crippen LogP contribution < -0.4 is 5.32 Å². The summed E-state index contributed by atoms with van der Waals surface area (Å²) in [5.41, 5.74) is 2.62. The van der Waals surface area contributed by atoms with Gasteiger partial charge >= 0.3 is 0 Å². The van der Waals surface area contributed by atoms with E-state index in [0.29, 0.717) is 17.7 Å². The maximum atomic E-state index is 5.96. The minimum atomic E-state index is 0.293. The van der Waals surface area contributed by atoms with E-state index in [2.05, 4.69) is 48.4 Å². The molecule has 1 heterocycles. The van der Waals surface area contributed by atoms with E-state index >= 15 is 0 Å². The third-order valence-corrected chi connectivity index (χ3v) is 3.60. The molecule has 0 radical (unpaired) electrons. The topological polar surface area (TPSA) is 29.9 Å². The van der Waals surface area contributed by atoms with Gasteiger partial charge in [0.05, 0.1) is 12.7 Å². The van der Waals surface area contributed by atoms with E-state index in [1.165, 1.54) is 11.1 Å². The zero-order valence-electron chi connectivity index (χ0n) is 10.9. The first-order valence-electron chi connectivity index (χ1n) is 6.04. The predicted octanol–water partition coefficient (Wildman–Crippen LogP) is 3.23. The van der Waals surface area contributed by atoms with Gasteiger partial charge in [0.25, 0.3) is 0 Å². The van der Waals surface area contributed by atoms with Gasteiger partial charge in [0.1, 0.15) is 11.0 Å². The van der Waals surface area contributed by atoms with Gasteiger partial charge < -0.3 is 9.88 Å². The Bertz CT molecular complexity index is 534. The molecule has 2 rings (SSSR count). The lowest BCUT2D eigenvalue weighted by molar-refractivity contribution is 0.547. The molecule has 0 saturated heterocycles. The smallest absolute Gasteiger partial charge is 0.128 e. The van der Waals surface area contributed by atoms with E-state index in [9.17, 15) is 0 Å². The molecule has 1 aromatic carbocycles. The fraction of sp³-hybridized carbons (Fsp3) is 0.357. The van der Waals surface area contributed by atoms with Gasteiger partial charge in [0.2, 0.25) is 0 Å². The number of hydrogen-bond acceptors (Lipinski definition) is 2. The van der Waals surface area contributed by atoms with Crippen LogP contribution in [0.1, 0.15) is 29.9 Å². The largest absolute Gasteiger partial charge is 0.321 e. The maximum absolute atomic E-state index is 5.96. The van der Waals surface area contributed by atoms with Gasteiger partial charge in [-0.15, -0.1) is 0 Å². The molecule has 0 aliphatic carbocycles. The maximum Gasteiger partial charge on any atom is 0.128 e. The molecule has 0 saturated carbocycles. The zero-order valence-corrected chi connectivity index (χ0v) is 11.7. The van der Waals surface area contributed by atoms with Gasteiger partial charge in [-0.2, -0.15) is 0 Å². The highest BCUT2D eigenvalue weighted by atomic mass is 35.5. The lowest BCUT2D eigenvalue weighted by Gasteiger charge is -2.16. The van der Waals surface area contributed by atoms with Gasteiger partial charge in [-0.1, -0.05) is 35.9 Å². The summed E-state index contributed by atoms with van der Waals surface area (Å²) in [6.45, 7) is 5.00. The van der Waals surface area contributed by atoms with Gasteiger partial charge in [-0.25, -0.2) is 4.98 Å². The van der Waals surface area contributed by atoms with Crippen molar-refractivity contribution in [2.24, 2.45) is 7.05 Å². The van der Waals surface area contributed by atoms with Crippen LogP contribution >= 0.6 is 11.6 Å². The summed E-state index contributed by atoms with van der Waals surface area (Å²) in [4.78, 5) is 4.27. The van der Waals surface area contributed by atoms with Crippen molar-refractivity contribution in [1.29, 1.82) is 0 Å². The Morgan fingerprint density at radius 3 is 2.72 bits per heavy atom. The normalized spacial score (nSPS) is 12.7. The SMILES string of the molecule is Cc1ccccc1C(C)NCc1ncc(Cl)n1C. The third-order valence-electron chi connectivity index (χ3n) is 3.25. The lowest BCUT2D eigenvalue weighted by Crippen LogP contribution is -2.20. The van der Waals surface area contributed by atoms with Gasteiger partial charge in [0, 0.05) is 13.1 Å². The molecule has 1 N–H and O–H groups in total. The van der Waals surface area contributed by atoms with Crippen LogP contribution in [-0.2, 0) is 13.6 Å². The average Bonchev–Trinajstić information content (AvgIpc) is 2.68. The first kappa shape index (κ1) is 13.1.